The van der Waals surface area contributed by atoms with Gasteiger partial charge in [0, 0.05) is 24.2 Å². The predicted molar refractivity (Wildman–Crippen MR) is 91.7 cm³/mol. The maximum atomic E-state index is 12.6. The van der Waals surface area contributed by atoms with Crippen molar-refractivity contribution in [1.29, 1.82) is 0 Å². The van der Waals surface area contributed by atoms with Crippen molar-refractivity contribution < 1.29 is 4.79 Å². The summed E-state index contributed by atoms with van der Waals surface area (Å²) in [7, 11) is 0. The predicted octanol–water partition coefficient (Wildman–Crippen LogP) is 3.81. The van der Waals surface area contributed by atoms with Gasteiger partial charge in [-0.15, -0.1) is 0 Å². The van der Waals surface area contributed by atoms with Gasteiger partial charge in [-0.2, -0.15) is 5.10 Å². The largest absolute Gasteiger partial charge is 0.352 e. The molecule has 0 bridgehead atoms. The van der Waals surface area contributed by atoms with Crippen molar-refractivity contribution in [2.75, 3.05) is 6.54 Å². The Bertz CT molecular complexity index is 700. The minimum atomic E-state index is -0.00120. The van der Waals surface area contributed by atoms with E-state index in [0.717, 1.165) is 48.1 Å². The summed E-state index contributed by atoms with van der Waals surface area (Å²) < 4.78 is 1.91. The van der Waals surface area contributed by atoms with Crippen LogP contribution in [-0.2, 0) is 0 Å². The van der Waals surface area contributed by atoms with Gasteiger partial charge in [-0.25, -0.2) is 9.67 Å². The first-order valence-corrected chi connectivity index (χ1v) is 8.78. The van der Waals surface area contributed by atoms with E-state index in [9.17, 15) is 4.79 Å². The Morgan fingerprint density at radius 1 is 1.39 bits per heavy atom. The molecule has 0 aromatic carbocycles. The monoisotopic (exact) mass is 314 g/mol. The van der Waals surface area contributed by atoms with Crippen molar-refractivity contribution in [3.05, 3.63) is 23.5 Å². The fourth-order valence-corrected chi connectivity index (χ4v) is 2.86. The summed E-state index contributed by atoms with van der Waals surface area (Å²) >= 11 is 0. The molecule has 5 nitrogen and oxygen atoms in total. The molecule has 0 aliphatic heterocycles. The number of hydrogen-bond acceptors (Lipinski definition) is 3. The summed E-state index contributed by atoms with van der Waals surface area (Å²) in [6, 6.07) is 2.21. The molecule has 0 unspecified atom stereocenters. The molecule has 1 aliphatic rings. The number of rotatable bonds is 7. The zero-order valence-electron chi connectivity index (χ0n) is 14.3. The van der Waals surface area contributed by atoms with E-state index in [4.69, 9.17) is 4.98 Å². The molecular weight excluding hydrogens is 288 g/mol. The second-order valence-corrected chi connectivity index (χ2v) is 6.75. The quantitative estimate of drug-likeness (QED) is 0.791. The van der Waals surface area contributed by atoms with Crippen LogP contribution in [0.4, 0.5) is 0 Å². The highest BCUT2D eigenvalue weighted by molar-refractivity contribution is 6.05. The molecule has 0 saturated heterocycles. The zero-order chi connectivity index (χ0) is 16.4. The van der Waals surface area contributed by atoms with Crippen LogP contribution in [0.1, 0.15) is 80.9 Å². The fourth-order valence-electron chi connectivity index (χ4n) is 2.86. The lowest BCUT2D eigenvalue weighted by Gasteiger charge is -2.10. The molecule has 2 heterocycles. The van der Waals surface area contributed by atoms with Crippen LogP contribution >= 0.6 is 0 Å². The van der Waals surface area contributed by atoms with Crippen LogP contribution in [-0.4, -0.2) is 27.2 Å². The average Bonchev–Trinajstić information content (AvgIpc) is 3.29. The van der Waals surface area contributed by atoms with E-state index in [1.807, 2.05) is 10.7 Å². The Hall–Kier alpha value is -1.91. The SMILES string of the molecule is CCCCCNC(=O)c1cc(C2CC2)nc2c1cnn2C(C)C. The van der Waals surface area contributed by atoms with Crippen molar-refractivity contribution in [3.8, 4) is 0 Å². The highest BCUT2D eigenvalue weighted by Gasteiger charge is 2.28. The number of unbranched alkanes of at least 4 members (excludes halogenated alkanes) is 2. The second kappa shape index (κ2) is 6.69. The van der Waals surface area contributed by atoms with E-state index in [2.05, 4.69) is 31.2 Å². The molecule has 0 radical (unpaired) electrons. The molecule has 0 atom stereocenters. The molecule has 124 valence electrons. The Morgan fingerprint density at radius 3 is 2.83 bits per heavy atom. The number of nitrogens with one attached hydrogen (secondary N) is 1. The maximum Gasteiger partial charge on any atom is 0.252 e. The van der Waals surface area contributed by atoms with Gasteiger partial charge in [0.2, 0.25) is 0 Å². The first-order chi connectivity index (χ1) is 11.1. The van der Waals surface area contributed by atoms with E-state index >= 15 is 0 Å². The van der Waals surface area contributed by atoms with Crippen LogP contribution in [0.25, 0.3) is 11.0 Å². The van der Waals surface area contributed by atoms with Gasteiger partial charge < -0.3 is 5.32 Å². The lowest BCUT2D eigenvalue weighted by atomic mass is 10.1. The van der Waals surface area contributed by atoms with Crippen LogP contribution in [0, 0.1) is 0 Å². The van der Waals surface area contributed by atoms with E-state index in [-0.39, 0.29) is 11.9 Å². The Balaban J connectivity index is 1.93. The molecule has 1 fully saturated rings. The van der Waals surface area contributed by atoms with Crippen molar-refractivity contribution in [3.63, 3.8) is 0 Å². The van der Waals surface area contributed by atoms with E-state index in [0.29, 0.717) is 5.92 Å². The number of pyridine rings is 1. The van der Waals surface area contributed by atoms with Gasteiger partial charge in [0.05, 0.1) is 17.1 Å². The van der Waals surface area contributed by atoms with Crippen LogP contribution in [0.5, 0.6) is 0 Å². The molecule has 2 aromatic heterocycles. The number of fused-ring (bicyclic) bond motifs is 1. The fraction of sp³-hybridized carbons (Fsp3) is 0.611. The summed E-state index contributed by atoms with van der Waals surface area (Å²) in [5, 5.41) is 8.35. The lowest BCUT2D eigenvalue weighted by Crippen LogP contribution is -2.25. The van der Waals surface area contributed by atoms with Gasteiger partial charge in [-0.05, 0) is 39.2 Å². The molecular formula is C18H26N4O. The van der Waals surface area contributed by atoms with E-state index in [1.165, 1.54) is 12.8 Å². The molecule has 5 heteroatoms. The van der Waals surface area contributed by atoms with E-state index in [1.54, 1.807) is 6.20 Å². The molecule has 1 N–H and O–H groups in total. The van der Waals surface area contributed by atoms with Crippen molar-refractivity contribution >= 4 is 16.9 Å². The molecule has 1 saturated carbocycles. The van der Waals surface area contributed by atoms with Crippen molar-refractivity contribution in [2.45, 2.75) is 64.8 Å². The first kappa shape index (κ1) is 16.0. The minimum absolute atomic E-state index is 0.00120. The normalized spacial score (nSPS) is 14.6. The number of carbonyl (C=O) groups excluding carboxylic acids is 1. The maximum absolute atomic E-state index is 12.6. The van der Waals surface area contributed by atoms with Gasteiger partial charge in [0.15, 0.2) is 5.65 Å². The van der Waals surface area contributed by atoms with E-state index < -0.39 is 0 Å². The summed E-state index contributed by atoms with van der Waals surface area (Å²) in [6.45, 7) is 7.06. The van der Waals surface area contributed by atoms with Crippen molar-refractivity contribution in [2.24, 2.45) is 0 Å². The minimum Gasteiger partial charge on any atom is -0.352 e. The van der Waals surface area contributed by atoms with Crippen LogP contribution < -0.4 is 5.32 Å². The van der Waals surface area contributed by atoms with Gasteiger partial charge in [0.25, 0.3) is 5.91 Å². The highest BCUT2D eigenvalue weighted by Crippen LogP contribution is 2.40. The lowest BCUT2D eigenvalue weighted by molar-refractivity contribution is 0.0954. The molecule has 23 heavy (non-hydrogen) atoms. The summed E-state index contributed by atoms with van der Waals surface area (Å²) in [5.41, 5.74) is 2.60. The zero-order valence-corrected chi connectivity index (χ0v) is 14.3. The number of hydrogen-bond donors (Lipinski definition) is 1. The first-order valence-electron chi connectivity index (χ1n) is 8.78. The molecule has 3 rings (SSSR count). The summed E-state index contributed by atoms with van der Waals surface area (Å²) in [6.07, 6.45) is 7.45. The smallest absolute Gasteiger partial charge is 0.252 e. The number of carbonyl (C=O) groups is 1. The van der Waals surface area contributed by atoms with Gasteiger partial charge >= 0.3 is 0 Å². The third-order valence-electron chi connectivity index (χ3n) is 4.38. The Morgan fingerprint density at radius 2 is 2.17 bits per heavy atom. The standard InChI is InChI=1S/C18H26N4O/c1-4-5-6-9-19-18(23)14-10-16(13-7-8-13)21-17-15(14)11-20-22(17)12(2)3/h10-13H,4-9H2,1-3H3,(H,19,23). The Labute approximate surface area is 137 Å². The number of aromatic nitrogens is 3. The van der Waals surface area contributed by atoms with Gasteiger partial charge in [-0.1, -0.05) is 19.8 Å². The third kappa shape index (κ3) is 3.38. The molecule has 2 aromatic rings. The molecule has 1 amide bonds. The van der Waals surface area contributed by atoms with Crippen LogP contribution in [0.2, 0.25) is 0 Å². The second-order valence-electron chi connectivity index (χ2n) is 6.75. The van der Waals surface area contributed by atoms with Crippen molar-refractivity contribution in [1.82, 2.24) is 20.1 Å². The Kier molecular flexibility index (Phi) is 4.64. The third-order valence-corrected chi connectivity index (χ3v) is 4.38. The van der Waals surface area contributed by atoms with Crippen LogP contribution in [0.3, 0.4) is 0 Å². The highest BCUT2D eigenvalue weighted by atomic mass is 16.1. The molecule has 0 spiro atoms. The number of nitrogens with zero attached hydrogens (tertiary/aromatic N) is 3. The number of amides is 1. The average molecular weight is 314 g/mol. The summed E-state index contributed by atoms with van der Waals surface area (Å²) in [4.78, 5) is 17.4. The molecule has 1 aliphatic carbocycles. The van der Waals surface area contributed by atoms with Gasteiger partial charge in [0.1, 0.15) is 0 Å². The van der Waals surface area contributed by atoms with Crippen LogP contribution in [0.15, 0.2) is 12.3 Å². The topological polar surface area (TPSA) is 59.8 Å². The summed E-state index contributed by atoms with van der Waals surface area (Å²) in [5.74, 6) is 0.514. The van der Waals surface area contributed by atoms with Gasteiger partial charge in [-0.3, -0.25) is 4.79 Å².